The highest BCUT2D eigenvalue weighted by Gasteiger charge is 2.39. The Morgan fingerprint density at radius 2 is 2.47 bits per heavy atom. The molecule has 1 atom stereocenters. The van der Waals surface area contributed by atoms with Crippen molar-refractivity contribution in [3.05, 3.63) is 22.4 Å². The van der Waals surface area contributed by atoms with Crippen LogP contribution < -0.4 is 5.32 Å². The monoisotopic (exact) mass is 225 g/mol. The van der Waals surface area contributed by atoms with E-state index < -0.39 is 5.60 Å². The van der Waals surface area contributed by atoms with Crippen molar-refractivity contribution in [2.75, 3.05) is 6.54 Å². The van der Waals surface area contributed by atoms with Gasteiger partial charge in [-0.1, -0.05) is 0 Å². The molecule has 1 unspecified atom stereocenters. The SMILES string of the molecule is CC(O)(CNC(=O)c1ccsc1)C1CC1. The number of thiophene rings is 1. The molecule has 1 aliphatic rings. The van der Waals surface area contributed by atoms with Crippen LogP contribution in [0.5, 0.6) is 0 Å². The van der Waals surface area contributed by atoms with Crippen LogP contribution in [0.3, 0.4) is 0 Å². The molecule has 1 saturated carbocycles. The molecular weight excluding hydrogens is 210 g/mol. The fourth-order valence-electron chi connectivity index (χ4n) is 1.60. The van der Waals surface area contributed by atoms with Gasteiger partial charge in [0.25, 0.3) is 5.91 Å². The minimum Gasteiger partial charge on any atom is -0.388 e. The molecule has 4 heteroatoms. The van der Waals surface area contributed by atoms with Crippen LogP contribution in [0.1, 0.15) is 30.1 Å². The van der Waals surface area contributed by atoms with Gasteiger partial charge in [0.1, 0.15) is 0 Å². The maximum absolute atomic E-state index is 11.6. The molecule has 82 valence electrons. The van der Waals surface area contributed by atoms with E-state index >= 15 is 0 Å². The second kappa shape index (κ2) is 3.94. The Bertz CT molecular complexity index is 341. The van der Waals surface area contributed by atoms with Crippen molar-refractivity contribution in [1.82, 2.24) is 5.32 Å². The second-order valence-electron chi connectivity index (χ2n) is 4.33. The van der Waals surface area contributed by atoms with Crippen LogP contribution >= 0.6 is 11.3 Å². The van der Waals surface area contributed by atoms with E-state index in [0.717, 1.165) is 12.8 Å². The molecule has 2 rings (SSSR count). The Balaban J connectivity index is 1.85. The third-order valence-electron chi connectivity index (χ3n) is 2.85. The second-order valence-corrected chi connectivity index (χ2v) is 5.11. The normalized spacial score (nSPS) is 19.6. The van der Waals surface area contributed by atoms with E-state index in [1.807, 2.05) is 5.38 Å². The Morgan fingerprint density at radius 1 is 1.73 bits per heavy atom. The summed E-state index contributed by atoms with van der Waals surface area (Å²) in [7, 11) is 0. The molecule has 0 bridgehead atoms. The van der Waals surface area contributed by atoms with Crippen molar-refractivity contribution >= 4 is 17.2 Å². The largest absolute Gasteiger partial charge is 0.388 e. The lowest BCUT2D eigenvalue weighted by Crippen LogP contribution is -2.42. The fourth-order valence-corrected chi connectivity index (χ4v) is 2.24. The van der Waals surface area contributed by atoms with Gasteiger partial charge in [-0.15, -0.1) is 0 Å². The third kappa shape index (κ3) is 2.58. The van der Waals surface area contributed by atoms with Crippen molar-refractivity contribution in [2.24, 2.45) is 5.92 Å². The van der Waals surface area contributed by atoms with Crippen LogP contribution in [0.15, 0.2) is 16.8 Å². The minimum absolute atomic E-state index is 0.0998. The van der Waals surface area contributed by atoms with Crippen LogP contribution in [0.25, 0.3) is 0 Å². The first kappa shape index (κ1) is 10.6. The van der Waals surface area contributed by atoms with Crippen LogP contribution in [0, 0.1) is 5.92 Å². The van der Waals surface area contributed by atoms with Gasteiger partial charge in [-0.2, -0.15) is 11.3 Å². The highest BCUT2D eigenvalue weighted by Crippen LogP contribution is 2.38. The van der Waals surface area contributed by atoms with Gasteiger partial charge < -0.3 is 10.4 Å². The summed E-state index contributed by atoms with van der Waals surface area (Å²) in [5, 5.41) is 16.4. The summed E-state index contributed by atoms with van der Waals surface area (Å²) in [5.41, 5.74) is -0.0716. The molecule has 2 N–H and O–H groups in total. The number of aliphatic hydroxyl groups is 1. The fraction of sp³-hybridized carbons (Fsp3) is 0.545. The molecular formula is C11H15NO2S. The third-order valence-corrected chi connectivity index (χ3v) is 3.53. The van der Waals surface area contributed by atoms with E-state index in [0.29, 0.717) is 18.0 Å². The number of rotatable bonds is 4. The molecule has 1 aliphatic carbocycles. The summed E-state index contributed by atoms with van der Waals surface area (Å²) in [5.74, 6) is 0.262. The highest BCUT2D eigenvalue weighted by molar-refractivity contribution is 7.08. The predicted octanol–water partition coefficient (Wildman–Crippen LogP) is 1.64. The van der Waals surface area contributed by atoms with Gasteiger partial charge in [-0.3, -0.25) is 4.79 Å². The average Bonchev–Trinajstić information content (AvgIpc) is 2.92. The van der Waals surface area contributed by atoms with Crippen molar-refractivity contribution in [3.8, 4) is 0 Å². The number of nitrogens with one attached hydrogen (secondary N) is 1. The lowest BCUT2D eigenvalue weighted by atomic mass is 10.0. The highest BCUT2D eigenvalue weighted by atomic mass is 32.1. The summed E-state index contributed by atoms with van der Waals surface area (Å²) < 4.78 is 0. The molecule has 0 spiro atoms. The Morgan fingerprint density at radius 3 is 3.00 bits per heavy atom. The molecule has 1 heterocycles. The zero-order valence-electron chi connectivity index (χ0n) is 8.69. The Hall–Kier alpha value is -0.870. The first-order chi connectivity index (χ1) is 7.09. The number of hydrogen-bond donors (Lipinski definition) is 2. The average molecular weight is 225 g/mol. The topological polar surface area (TPSA) is 49.3 Å². The van der Waals surface area contributed by atoms with E-state index in [2.05, 4.69) is 5.32 Å². The van der Waals surface area contributed by atoms with Crippen LogP contribution in [-0.4, -0.2) is 23.2 Å². The smallest absolute Gasteiger partial charge is 0.252 e. The number of hydrogen-bond acceptors (Lipinski definition) is 3. The van der Waals surface area contributed by atoms with Gasteiger partial charge in [0.15, 0.2) is 0 Å². The summed E-state index contributed by atoms with van der Waals surface area (Å²) in [6.07, 6.45) is 2.14. The van der Waals surface area contributed by atoms with Gasteiger partial charge in [0.05, 0.1) is 5.60 Å². The van der Waals surface area contributed by atoms with Gasteiger partial charge in [0, 0.05) is 17.5 Å². The first-order valence-corrected chi connectivity index (χ1v) is 6.06. The summed E-state index contributed by atoms with van der Waals surface area (Å²) in [4.78, 5) is 11.6. The number of amides is 1. The van der Waals surface area contributed by atoms with Gasteiger partial charge in [0.2, 0.25) is 0 Å². The molecule has 0 aliphatic heterocycles. The van der Waals surface area contributed by atoms with Gasteiger partial charge in [-0.05, 0) is 37.1 Å². The molecule has 1 fully saturated rings. The zero-order chi connectivity index (χ0) is 10.9. The van der Waals surface area contributed by atoms with Crippen molar-refractivity contribution in [2.45, 2.75) is 25.4 Å². The van der Waals surface area contributed by atoms with Crippen LogP contribution in [-0.2, 0) is 0 Å². The Kier molecular flexibility index (Phi) is 2.80. The molecule has 3 nitrogen and oxygen atoms in total. The van der Waals surface area contributed by atoms with Gasteiger partial charge in [-0.25, -0.2) is 0 Å². The molecule has 0 aromatic carbocycles. The summed E-state index contributed by atoms with van der Waals surface area (Å²) in [6, 6.07) is 1.78. The first-order valence-electron chi connectivity index (χ1n) is 5.12. The maximum atomic E-state index is 11.6. The number of carbonyl (C=O) groups is 1. The molecule has 0 saturated heterocycles. The van der Waals surface area contributed by atoms with Crippen molar-refractivity contribution in [3.63, 3.8) is 0 Å². The molecule has 1 aromatic rings. The lowest BCUT2D eigenvalue weighted by molar-refractivity contribution is 0.0354. The maximum Gasteiger partial charge on any atom is 0.252 e. The quantitative estimate of drug-likeness (QED) is 0.818. The van der Waals surface area contributed by atoms with Crippen LogP contribution in [0.2, 0.25) is 0 Å². The predicted molar refractivity (Wildman–Crippen MR) is 60.0 cm³/mol. The standard InChI is InChI=1S/C11H15NO2S/c1-11(14,9-2-3-9)7-12-10(13)8-4-5-15-6-8/h4-6,9,14H,2-3,7H2,1H3,(H,12,13). The summed E-state index contributed by atoms with van der Waals surface area (Å²) in [6.45, 7) is 2.13. The van der Waals surface area contributed by atoms with E-state index in [1.165, 1.54) is 11.3 Å². The van der Waals surface area contributed by atoms with Crippen LogP contribution in [0.4, 0.5) is 0 Å². The van der Waals surface area contributed by atoms with Gasteiger partial charge >= 0.3 is 0 Å². The molecule has 1 amide bonds. The number of carbonyl (C=O) groups excluding carboxylic acids is 1. The summed E-state index contributed by atoms with van der Waals surface area (Å²) >= 11 is 1.50. The molecule has 1 aromatic heterocycles. The lowest BCUT2D eigenvalue weighted by Gasteiger charge is -2.23. The van der Waals surface area contributed by atoms with E-state index in [1.54, 1.807) is 18.4 Å². The zero-order valence-corrected chi connectivity index (χ0v) is 9.51. The van der Waals surface area contributed by atoms with E-state index in [4.69, 9.17) is 0 Å². The molecule has 15 heavy (non-hydrogen) atoms. The van der Waals surface area contributed by atoms with Crippen molar-refractivity contribution in [1.29, 1.82) is 0 Å². The van der Waals surface area contributed by atoms with E-state index in [9.17, 15) is 9.90 Å². The van der Waals surface area contributed by atoms with E-state index in [-0.39, 0.29) is 5.91 Å². The minimum atomic E-state index is -0.744. The van der Waals surface area contributed by atoms with Crippen molar-refractivity contribution < 1.29 is 9.90 Å². The Labute approximate surface area is 93.1 Å². The molecule has 0 radical (unpaired) electrons.